The number of nitrogens with zero attached hydrogens (tertiary/aromatic N) is 1. The van der Waals surface area contributed by atoms with E-state index < -0.39 is 5.38 Å². The summed E-state index contributed by atoms with van der Waals surface area (Å²) in [6, 6.07) is -0.206. The van der Waals surface area contributed by atoms with Crippen molar-refractivity contribution in [1.82, 2.24) is 4.90 Å². The monoisotopic (exact) mass is 219 g/mol. The first kappa shape index (κ1) is 9.34. The van der Waals surface area contributed by atoms with E-state index >= 15 is 0 Å². The number of Topliss-reactive ketones (excluding diaryl/α,β-unsaturated/α-hetero) is 1. The Morgan fingerprint density at radius 1 is 1.77 bits per heavy atom. The van der Waals surface area contributed by atoms with E-state index in [2.05, 4.69) is 0 Å². The summed E-state index contributed by atoms with van der Waals surface area (Å²) in [6.45, 7) is 1.82. The maximum atomic E-state index is 11.4. The summed E-state index contributed by atoms with van der Waals surface area (Å²) >= 11 is 7.40. The Bertz CT molecular complexity index is 263. The van der Waals surface area contributed by atoms with E-state index in [9.17, 15) is 9.59 Å². The van der Waals surface area contributed by atoms with Gasteiger partial charge in [0.15, 0.2) is 5.78 Å². The Kier molecular flexibility index (Phi) is 2.28. The lowest BCUT2D eigenvalue weighted by Gasteiger charge is -2.40. The Morgan fingerprint density at radius 3 is 3.08 bits per heavy atom. The minimum absolute atomic E-state index is 0.0506. The molecule has 2 saturated heterocycles. The summed E-state index contributed by atoms with van der Waals surface area (Å²) in [5.74, 6) is 0.780. The van der Waals surface area contributed by atoms with E-state index in [1.807, 2.05) is 6.92 Å². The number of rotatable bonds is 2. The van der Waals surface area contributed by atoms with E-state index in [1.165, 1.54) is 0 Å². The first-order chi connectivity index (χ1) is 6.16. The van der Waals surface area contributed by atoms with Crippen LogP contribution in [-0.4, -0.2) is 39.1 Å². The van der Waals surface area contributed by atoms with E-state index in [-0.39, 0.29) is 23.1 Å². The largest absolute Gasteiger partial charge is 0.316 e. The molecule has 13 heavy (non-hydrogen) atoms. The predicted octanol–water partition coefficient (Wildman–Crippen LogP) is 0.857. The number of hydrogen-bond acceptors (Lipinski definition) is 3. The molecule has 1 amide bonds. The maximum Gasteiger partial charge on any atom is 0.245 e. The van der Waals surface area contributed by atoms with E-state index in [0.717, 1.165) is 0 Å². The van der Waals surface area contributed by atoms with Crippen molar-refractivity contribution in [1.29, 1.82) is 0 Å². The molecule has 3 nitrogen and oxygen atoms in total. The van der Waals surface area contributed by atoms with Gasteiger partial charge in [0.25, 0.3) is 0 Å². The number of alkyl halides is 1. The first-order valence-electron chi connectivity index (χ1n) is 4.27. The van der Waals surface area contributed by atoms with Crippen molar-refractivity contribution in [3.05, 3.63) is 0 Å². The molecule has 0 aromatic heterocycles. The molecule has 5 heteroatoms. The number of hydrogen-bond donors (Lipinski definition) is 0. The fraction of sp³-hybridized carbons (Fsp3) is 0.750. The van der Waals surface area contributed by atoms with Gasteiger partial charge >= 0.3 is 0 Å². The van der Waals surface area contributed by atoms with Crippen molar-refractivity contribution in [3.63, 3.8) is 0 Å². The van der Waals surface area contributed by atoms with Crippen molar-refractivity contribution >= 4 is 35.1 Å². The molecule has 2 fully saturated rings. The quantitative estimate of drug-likeness (QED) is 0.511. The zero-order chi connectivity index (χ0) is 9.59. The molecule has 0 aromatic rings. The predicted molar refractivity (Wildman–Crippen MR) is 51.8 cm³/mol. The highest BCUT2D eigenvalue weighted by molar-refractivity contribution is 8.00. The van der Waals surface area contributed by atoms with Crippen molar-refractivity contribution in [2.75, 3.05) is 5.75 Å². The minimum Gasteiger partial charge on any atom is -0.316 e. The van der Waals surface area contributed by atoms with Crippen molar-refractivity contribution in [3.8, 4) is 0 Å². The lowest BCUT2D eigenvalue weighted by atomic mass is 10.1. The molecule has 72 valence electrons. The standard InChI is InChI=1S/C8H10ClNO2S/c1-2-5(11)4-3-13-8-6(9)7(12)10(4)8/h4,6,8H,2-3H2,1H3. The Hall–Kier alpha value is -0.220. The molecule has 2 aliphatic heterocycles. The third kappa shape index (κ3) is 1.19. The van der Waals surface area contributed by atoms with Gasteiger partial charge in [-0.15, -0.1) is 23.4 Å². The summed E-state index contributed by atoms with van der Waals surface area (Å²) in [5, 5.41) is -0.352. The summed E-state index contributed by atoms with van der Waals surface area (Å²) in [4.78, 5) is 24.3. The molecule has 0 aliphatic carbocycles. The fourth-order valence-corrected chi connectivity index (χ4v) is 3.57. The number of carbonyl (C=O) groups is 2. The van der Waals surface area contributed by atoms with Gasteiger partial charge in [-0.2, -0.15) is 0 Å². The molecular weight excluding hydrogens is 210 g/mol. The second-order valence-electron chi connectivity index (χ2n) is 3.21. The van der Waals surface area contributed by atoms with Gasteiger partial charge in [-0.3, -0.25) is 9.59 Å². The number of amides is 1. The zero-order valence-electron chi connectivity index (χ0n) is 7.20. The van der Waals surface area contributed by atoms with Crippen LogP contribution in [0, 0.1) is 0 Å². The van der Waals surface area contributed by atoms with Crippen molar-refractivity contribution in [2.24, 2.45) is 0 Å². The van der Waals surface area contributed by atoms with Crippen LogP contribution in [0.25, 0.3) is 0 Å². The van der Waals surface area contributed by atoms with Crippen LogP contribution in [0.5, 0.6) is 0 Å². The normalized spacial score (nSPS) is 37.2. The number of halogens is 1. The van der Waals surface area contributed by atoms with Crippen LogP contribution >= 0.6 is 23.4 Å². The molecule has 2 aliphatic rings. The third-order valence-corrected chi connectivity index (χ3v) is 4.42. The molecule has 2 rings (SSSR count). The molecule has 0 N–H and O–H groups in total. The highest BCUT2D eigenvalue weighted by Gasteiger charge is 2.55. The summed E-state index contributed by atoms with van der Waals surface area (Å²) in [7, 11) is 0. The number of β-lactam (4-membered cyclic amide) rings is 1. The molecule has 2 heterocycles. The molecule has 3 atom stereocenters. The second-order valence-corrected chi connectivity index (χ2v) is 4.83. The molecule has 0 radical (unpaired) electrons. The second kappa shape index (κ2) is 3.17. The number of carbonyl (C=O) groups excluding carboxylic acids is 2. The average Bonchev–Trinajstić information content (AvgIpc) is 2.56. The molecule has 0 saturated carbocycles. The van der Waals surface area contributed by atoms with Gasteiger partial charge in [-0.1, -0.05) is 6.92 Å². The van der Waals surface area contributed by atoms with E-state index in [0.29, 0.717) is 12.2 Å². The zero-order valence-corrected chi connectivity index (χ0v) is 8.77. The summed E-state index contributed by atoms with van der Waals surface area (Å²) in [5.41, 5.74) is 0. The van der Waals surface area contributed by atoms with Crippen molar-refractivity contribution < 1.29 is 9.59 Å². The van der Waals surface area contributed by atoms with E-state index in [1.54, 1.807) is 16.7 Å². The Labute approximate surface area is 85.8 Å². The van der Waals surface area contributed by atoms with Crippen LogP contribution < -0.4 is 0 Å². The molecular formula is C8H10ClNO2S. The van der Waals surface area contributed by atoms with Gasteiger partial charge in [0, 0.05) is 12.2 Å². The van der Waals surface area contributed by atoms with Gasteiger partial charge in [-0.05, 0) is 0 Å². The minimum atomic E-state index is -0.403. The lowest BCUT2D eigenvalue weighted by Crippen LogP contribution is -2.62. The average molecular weight is 220 g/mol. The molecule has 0 bridgehead atoms. The van der Waals surface area contributed by atoms with Crippen LogP contribution in [0.2, 0.25) is 0 Å². The Morgan fingerprint density at radius 2 is 2.46 bits per heavy atom. The van der Waals surface area contributed by atoms with Crippen LogP contribution in [0.3, 0.4) is 0 Å². The van der Waals surface area contributed by atoms with Crippen LogP contribution in [0.4, 0.5) is 0 Å². The maximum absolute atomic E-state index is 11.4. The number of ketones is 1. The number of thioether (sulfide) groups is 1. The first-order valence-corrected chi connectivity index (χ1v) is 5.76. The van der Waals surface area contributed by atoms with Gasteiger partial charge in [-0.25, -0.2) is 0 Å². The van der Waals surface area contributed by atoms with Gasteiger partial charge < -0.3 is 4.90 Å². The van der Waals surface area contributed by atoms with Crippen LogP contribution in [0.1, 0.15) is 13.3 Å². The number of fused-ring (bicyclic) bond motifs is 1. The highest BCUT2D eigenvalue weighted by atomic mass is 35.5. The van der Waals surface area contributed by atoms with Crippen LogP contribution in [-0.2, 0) is 9.59 Å². The smallest absolute Gasteiger partial charge is 0.245 e. The van der Waals surface area contributed by atoms with Crippen molar-refractivity contribution in [2.45, 2.75) is 30.1 Å². The van der Waals surface area contributed by atoms with E-state index in [4.69, 9.17) is 11.6 Å². The SMILES string of the molecule is CCC(=O)C1CSC2C(Cl)C(=O)N12. The third-order valence-electron chi connectivity index (χ3n) is 2.50. The molecule has 0 aromatic carbocycles. The highest BCUT2D eigenvalue weighted by Crippen LogP contribution is 2.42. The van der Waals surface area contributed by atoms with Crippen LogP contribution in [0.15, 0.2) is 0 Å². The molecule has 3 unspecified atom stereocenters. The van der Waals surface area contributed by atoms with Gasteiger partial charge in [0.05, 0.1) is 0 Å². The summed E-state index contributed by atoms with van der Waals surface area (Å²) in [6.07, 6.45) is 0.495. The fourth-order valence-electron chi connectivity index (χ4n) is 1.70. The topological polar surface area (TPSA) is 37.4 Å². The van der Waals surface area contributed by atoms with Gasteiger partial charge in [0.1, 0.15) is 16.8 Å². The Balaban J connectivity index is 2.11. The lowest BCUT2D eigenvalue weighted by molar-refractivity contribution is -0.146. The van der Waals surface area contributed by atoms with Gasteiger partial charge in [0.2, 0.25) is 5.91 Å². The summed E-state index contributed by atoms with van der Waals surface area (Å²) < 4.78 is 0. The molecule has 0 spiro atoms.